The van der Waals surface area contributed by atoms with E-state index in [2.05, 4.69) is 18.8 Å². The summed E-state index contributed by atoms with van der Waals surface area (Å²) in [6, 6.07) is 13.4. The van der Waals surface area contributed by atoms with E-state index in [1.807, 2.05) is 37.3 Å². The first-order valence-corrected chi connectivity index (χ1v) is 10.7. The van der Waals surface area contributed by atoms with Gasteiger partial charge in [0.05, 0.1) is 16.8 Å². The Balaban J connectivity index is 1.79. The highest BCUT2D eigenvalue weighted by molar-refractivity contribution is 6.04. The lowest BCUT2D eigenvalue weighted by Crippen LogP contribution is -2.28. The van der Waals surface area contributed by atoms with E-state index >= 15 is 0 Å². The Morgan fingerprint density at radius 1 is 1.13 bits per heavy atom. The molecule has 1 aliphatic rings. The summed E-state index contributed by atoms with van der Waals surface area (Å²) in [7, 11) is 1.80. The van der Waals surface area contributed by atoms with Crippen LogP contribution in [0, 0.1) is 5.41 Å². The van der Waals surface area contributed by atoms with Crippen LogP contribution in [0.4, 0.5) is 0 Å². The normalized spacial score (nSPS) is 14.9. The number of fused-ring (bicyclic) bond motifs is 1. The first-order chi connectivity index (χ1) is 14.8. The first kappa shape index (κ1) is 21.0. The van der Waals surface area contributed by atoms with E-state index in [-0.39, 0.29) is 17.1 Å². The Bertz CT molecular complexity index is 1110. The smallest absolute Gasteiger partial charge is 0.255 e. The number of rotatable bonds is 5. The molecular weight excluding hydrogens is 388 g/mol. The van der Waals surface area contributed by atoms with Crippen LogP contribution >= 0.6 is 0 Å². The van der Waals surface area contributed by atoms with Crippen molar-refractivity contribution in [1.29, 1.82) is 0 Å². The second-order valence-electron chi connectivity index (χ2n) is 9.02. The van der Waals surface area contributed by atoms with Crippen molar-refractivity contribution in [2.75, 3.05) is 13.6 Å². The van der Waals surface area contributed by atoms with E-state index < -0.39 is 0 Å². The minimum absolute atomic E-state index is 0.0512. The fourth-order valence-electron chi connectivity index (χ4n) is 4.23. The molecule has 1 aromatic carbocycles. The third-order valence-electron chi connectivity index (χ3n) is 5.71. The Morgan fingerprint density at radius 2 is 1.87 bits per heavy atom. The van der Waals surface area contributed by atoms with Crippen LogP contribution in [0.3, 0.4) is 0 Å². The molecule has 1 amide bonds. The van der Waals surface area contributed by atoms with E-state index in [1.54, 1.807) is 35.0 Å². The van der Waals surface area contributed by atoms with Crippen molar-refractivity contribution in [3.63, 3.8) is 0 Å². The topological polar surface area (TPSA) is 68.1 Å². The number of ketones is 1. The molecule has 6 heteroatoms. The Labute approximate surface area is 182 Å². The Morgan fingerprint density at radius 3 is 2.52 bits per heavy atom. The number of pyridine rings is 1. The van der Waals surface area contributed by atoms with Gasteiger partial charge in [0.1, 0.15) is 5.69 Å². The molecule has 2 aromatic heterocycles. The molecule has 2 heterocycles. The van der Waals surface area contributed by atoms with Gasteiger partial charge in [0.25, 0.3) is 5.91 Å². The predicted octanol–water partition coefficient (Wildman–Crippen LogP) is 4.57. The number of Topliss-reactive ketones (excluding diaryl/α,β-unsaturated/α-hetero) is 1. The van der Waals surface area contributed by atoms with Crippen LogP contribution in [0.5, 0.6) is 0 Å². The minimum atomic E-state index is -0.144. The van der Waals surface area contributed by atoms with Crippen molar-refractivity contribution in [3.8, 4) is 17.1 Å². The van der Waals surface area contributed by atoms with E-state index in [1.165, 1.54) is 0 Å². The standard InChI is InChI=1S/C25H28N4O2/c1-5-13-28(4)24(31)18-11-12-21(26-16-18)29-19-14-25(2,3)15-20(30)22(19)23(27-29)17-9-7-6-8-10-17/h6-12,16H,5,13-15H2,1-4H3. The zero-order valence-corrected chi connectivity index (χ0v) is 18.6. The number of hydrogen-bond acceptors (Lipinski definition) is 4. The summed E-state index contributed by atoms with van der Waals surface area (Å²) in [4.78, 5) is 31.9. The van der Waals surface area contributed by atoms with E-state index in [4.69, 9.17) is 5.10 Å². The van der Waals surface area contributed by atoms with Gasteiger partial charge in [-0.1, -0.05) is 51.1 Å². The molecule has 31 heavy (non-hydrogen) atoms. The summed E-state index contributed by atoms with van der Waals surface area (Å²) >= 11 is 0. The number of carbonyl (C=O) groups excluding carboxylic acids is 2. The van der Waals surface area contributed by atoms with Gasteiger partial charge in [0.2, 0.25) is 0 Å². The summed E-state index contributed by atoms with van der Waals surface area (Å²) in [5.41, 5.74) is 3.58. The predicted molar refractivity (Wildman–Crippen MR) is 120 cm³/mol. The number of benzene rings is 1. The molecule has 0 bridgehead atoms. The third kappa shape index (κ3) is 4.02. The van der Waals surface area contributed by atoms with Crippen molar-refractivity contribution in [2.24, 2.45) is 5.41 Å². The molecule has 0 atom stereocenters. The fourth-order valence-corrected chi connectivity index (χ4v) is 4.23. The molecule has 0 aliphatic heterocycles. The molecule has 1 aliphatic carbocycles. The van der Waals surface area contributed by atoms with Gasteiger partial charge in [0, 0.05) is 31.8 Å². The average Bonchev–Trinajstić information content (AvgIpc) is 3.12. The molecule has 0 spiro atoms. The second-order valence-corrected chi connectivity index (χ2v) is 9.02. The van der Waals surface area contributed by atoms with Crippen molar-refractivity contribution in [1.82, 2.24) is 19.7 Å². The van der Waals surface area contributed by atoms with E-state index in [0.717, 1.165) is 24.1 Å². The van der Waals surface area contributed by atoms with Gasteiger partial charge >= 0.3 is 0 Å². The van der Waals surface area contributed by atoms with Crippen molar-refractivity contribution in [2.45, 2.75) is 40.0 Å². The lowest BCUT2D eigenvalue weighted by molar-refractivity contribution is 0.0794. The number of hydrogen-bond donors (Lipinski definition) is 0. The number of carbonyl (C=O) groups is 2. The number of amides is 1. The molecule has 4 rings (SSSR count). The van der Waals surface area contributed by atoms with Gasteiger partial charge in [0.15, 0.2) is 11.6 Å². The van der Waals surface area contributed by atoms with E-state index in [9.17, 15) is 9.59 Å². The van der Waals surface area contributed by atoms with Gasteiger partial charge < -0.3 is 4.90 Å². The van der Waals surface area contributed by atoms with Crippen LogP contribution in [0.15, 0.2) is 48.7 Å². The summed E-state index contributed by atoms with van der Waals surface area (Å²) in [5.74, 6) is 0.674. The third-order valence-corrected chi connectivity index (χ3v) is 5.71. The maximum Gasteiger partial charge on any atom is 0.255 e. The van der Waals surface area contributed by atoms with Gasteiger partial charge in [-0.2, -0.15) is 5.10 Å². The van der Waals surface area contributed by atoms with Gasteiger partial charge in [-0.15, -0.1) is 0 Å². The maximum atomic E-state index is 13.1. The molecule has 0 fully saturated rings. The second kappa shape index (κ2) is 8.10. The SMILES string of the molecule is CCCN(C)C(=O)c1ccc(-n2nc(-c3ccccc3)c3c2CC(C)(C)CC3=O)nc1. The quantitative estimate of drug-likeness (QED) is 0.611. The maximum absolute atomic E-state index is 13.1. The van der Waals surface area contributed by atoms with Crippen molar-refractivity contribution >= 4 is 11.7 Å². The molecule has 0 radical (unpaired) electrons. The van der Waals surface area contributed by atoms with Crippen molar-refractivity contribution < 1.29 is 9.59 Å². The summed E-state index contributed by atoms with van der Waals surface area (Å²) in [6.07, 6.45) is 3.72. The lowest BCUT2D eigenvalue weighted by Gasteiger charge is -2.29. The van der Waals surface area contributed by atoms with Crippen LogP contribution in [0.1, 0.15) is 60.0 Å². The summed E-state index contributed by atoms with van der Waals surface area (Å²) in [5, 5.41) is 4.83. The zero-order chi connectivity index (χ0) is 22.2. The van der Waals surface area contributed by atoms with Crippen LogP contribution in [0.25, 0.3) is 17.1 Å². The summed E-state index contributed by atoms with van der Waals surface area (Å²) < 4.78 is 1.78. The average molecular weight is 417 g/mol. The minimum Gasteiger partial charge on any atom is -0.342 e. The van der Waals surface area contributed by atoms with Crippen LogP contribution in [0.2, 0.25) is 0 Å². The van der Waals surface area contributed by atoms with Gasteiger partial charge in [-0.25, -0.2) is 9.67 Å². The van der Waals surface area contributed by atoms with Crippen molar-refractivity contribution in [3.05, 3.63) is 65.5 Å². The summed E-state index contributed by atoms with van der Waals surface area (Å²) in [6.45, 7) is 6.95. The highest BCUT2D eigenvalue weighted by Crippen LogP contribution is 2.39. The largest absolute Gasteiger partial charge is 0.342 e. The van der Waals surface area contributed by atoms with Crippen LogP contribution in [-0.4, -0.2) is 44.9 Å². The number of nitrogens with zero attached hydrogens (tertiary/aromatic N) is 4. The zero-order valence-electron chi connectivity index (χ0n) is 18.6. The monoisotopic (exact) mass is 416 g/mol. The highest BCUT2D eigenvalue weighted by Gasteiger charge is 2.37. The Hall–Kier alpha value is -3.28. The molecule has 160 valence electrons. The fraction of sp³-hybridized carbons (Fsp3) is 0.360. The van der Waals surface area contributed by atoms with Crippen LogP contribution in [-0.2, 0) is 6.42 Å². The highest BCUT2D eigenvalue weighted by atomic mass is 16.2. The van der Waals surface area contributed by atoms with E-state index in [0.29, 0.717) is 35.6 Å². The molecule has 0 N–H and O–H groups in total. The molecule has 0 unspecified atom stereocenters. The molecular formula is C25H28N4O2. The lowest BCUT2D eigenvalue weighted by atomic mass is 9.75. The van der Waals surface area contributed by atoms with Crippen LogP contribution < -0.4 is 0 Å². The molecule has 3 aromatic rings. The van der Waals surface area contributed by atoms with Gasteiger partial charge in [-0.05, 0) is 30.4 Å². The first-order valence-electron chi connectivity index (χ1n) is 10.7. The molecule has 0 saturated carbocycles. The molecule has 6 nitrogen and oxygen atoms in total. The number of aromatic nitrogens is 3. The Kier molecular flexibility index (Phi) is 5.48. The van der Waals surface area contributed by atoms with Gasteiger partial charge in [-0.3, -0.25) is 9.59 Å². The molecule has 0 saturated heterocycles.